The molecule has 0 aliphatic carbocycles. The zero-order valence-electron chi connectivity index (χ0n) is 13.1. The Morgan fingerprint density at radius 2 is 1.44 bits per heavy atom. The molecule has 0 amide bonds. The number of phenols is 3. The van der Waals surface area contributed by atoms with Crippen molar-refractivity contribution >= 4 is 24.8 Å². The number of rotatable bonds is 4. The number of carbonyl (C=O) groups is 2. The monoisotopic (exact) mass is 366 g/mol. The maximum absolute atomic E-state index is 11.8. The van der Waals surface area contributed by atoms with Crippen LogP contribution in [0, 0.1) is 0 Å². The van der Waals surface area contributed by atoms with Crippen LogP contribution in [0.5, 0.6) is 23.0 Å². The van der Waals surface area contributed by atoms with E-state index >= 15 is 0 Å². The summed E-state index contributed by atoms with van der Waals surface area (Å²) in [5.41, 5.74) is -0.313. The van der Waals surface area contributed by atoms with Crippen molar-refractivity contribution in [1.29, 1.82) is 0 Å². The Morgan fingerprint density at radius 1 is 0.880 bits per heavy atom. The van der Waals surface area contributed by atoms with Gasteiger partial charge in [-0.05, 0) is 24.3 Å². The fourth-order valence-corrected chi connectivity index (χ4v) is 2.30. The van der Waals surface area contributed by atoms with Gasteiger partial charge in [0.1, 0.15) is 0 Å². The average molecular weight is 366 g/mol. The lowest BCUT2D eigenvalue weighted by molar-refractivity contribution is 0.0600. The van der Waals surface area contributed by atoms with Gasteiger partial charge >= 0.3 is 11.9 Å². The number of benzene rings is 2. The molecular weight excluding hydrogens is 352 g/mol. The summed E-state index contributed by atoms with van der Waals surface area (Å²) in [6.07, 6.45) is 0. The van der Waals surface area contributed by atoms with Gasteiger partial charge in [0.05, 0.1) is 25.3 Å². The molecule has 0 saturated heterocycles. The molecule has 0 aromatic heterocycles. The fourth-order valence-electron chi connectivity index (χ4n) is 2.20. The lowest BCUT2D eigenvalue weighted by Crippen LogP contribution is -2.03. The number of phenolic OH excluding ortho intramolecular Hbond substituents is 3. The van der Waals surface area contributed by atoms with E-state index in [2.05, 4.69) is 21.8 Å². The van der Waals surface area contributed by atoms with E-state index in [4.69, 9.17) is 4.74 Å². The van der Waals surface area contributed by atoms with Crippen molar-refractivity contribution in [3.63, 3.8) is 0 Å². The normalized spacial score (nSPS) is 10.2. The molecule has 8 nitrogen and oxygen atoms in total. The topological polar surface area (TPSA) is 123 Å². The molecule has 0 spiro atoms. The number of thiol groups is 1. The highest BCUT2D eigenvalue weighted by Crippen LogP contribution is 2.45. The number of carbonyl (C=O) groups excluding carboxylic acids is 2. The van der Waals surface area contributed by atoms with Crippen molar-refractivity contribution in [2.45, 2.75) is 0 Å². The molecule has 0 bridgehead atoms. The first-order valence-corrected chi connectivity index (χ1v) is 7.12. The molecule has 9 heteroatoms. The highest BCUT2D eigenvalue weighted by Gasteiger charge is 2.22. The van der Waals surface area contributed by atoms with Crippen molar-refractivity contribution in [2.24, 2.45) is 0 Å². The minimum atomic E-state index is -0.893. The van der Waals surface area contributed by atoms with Crippen LogP contribution < -0.4 is 4.74 Å². The molecule has 2 aromatic carbocycles. The second-order valence-corrected chi connectivity index (χ2v) is 5.02. The largest absolute Gasteiger partial charge is 0.504 e. The molecule has 0 aliphatic rings. The van der Waals surface area contributed by atoms with Gasteiger partial charge in [0.25, 0.3) is 0 Å². The number of ether oxygens (including phenoxy) is 2. The summed E-state index contributed by atoms with van der Waals surface area (Å²) in [5.74, 6) is -3.34. The first-order chi connectivity index (χ1) is 11.8. The van der Waals surface area contributed by atoms with Gasteiger partial charge in [0, 0.05) is 24.0 Å². The van der Waals surface area contributed by atoms with E-state index in [0.717, 1.165) is 12.1 Å². The third kappa shape index (κ3) is 3.41. The van der Waals surface area contributed by atoms with Crippen LogP contribution in [-0.4, -0.2) is 41.5 Å². The molecule has 2 rings (SSSR count). The van der Waals surface area contributed by atoms with Crippen LogP contribution in [0.1, 0.15) is 20.7 Å². The molecule has 0 fully saturated rings. The van der Waals surface area contributed by atoms with E-state index in [9.17, 15) is 24.9 Å². The number of methoxy groups -OCH3 is 2. The van der Waals surface area contributed by atoms with Gasteiger partial charge in [-0.15, -0.1) is 0 Å². The van der Waals surface area contributed by atoms with Gasteiger partial charge < -0.3 is 29.0 Å². The standard InChI is InChI=1S/C16H14O8S/c1-22-12-6-8(15(20)23-2)4-10(14(12)19)9-3-7(16(21)24-25)5-11(17)13(9)18/h3-6,17-19,25H,1-2H3. The average Bonchev–Trinajstić information content (AvgIpc) is 2.62. The van der Waals surface area contributed by atoms with Crippen LogP contribution in [-0.2, 0) is 8.92 Å². The molecule has 0 aliphatic heterocycles. The Balaban J connectivity index is 2.78. The van der Waals surface area contributed by atoms with Gasteiger partial charge in [-0.1, -0.05) is 0 Å². The maximum atomic E-state index is 11.8. The first kappa shape index (κ1) is 18.3. The third-order valence-corrected chi connectivity index (χ3v) is 3.58. The summed E-state index contributed by atoms with van der Waals surface area (Å²) in [4.78, 5) is 23.4. The van der Waals surface area contributed by atoms with E-state index in [1.54, 1.807) is 0 Å². The predicted octanol–water partition coefficient (Wildman–Crippen LogP) is 2.27. The van der Waals surface area contributed by atoms with Gasteiger partial charge in [0.15, 0.2) is 23.0 Å². The fraction of sp³-hybridized carbons (Fsp3) is 0.125. The predicted molar refractivity (Wildman–Crippen MR) is 89.2 cm³/mol. The molecule has 3 N–H and O–H groups in total. The molecule has 0 saturated carbocycles. The summed E-state index contributed by atoms with van der Waals surface area (Å²) in [5, 5.41) is 30.3. The van der Waals surface area contributed by atoms with Crippen LogP contribution >= 0.6 is 12.9 Å². The van der Waals surface area contributed by atoms with Gasteiger partial charge in [0.2, 0.25) is 0 Å². The number of aromatic hydroxyl groups is 3. The van der Waals surface area contributed by atoms with Gasteiger partial charge in [-0.25, -0.2) is 9.59 Å². The second kappa shape index (κ2) is 7.22. The zero-order valence-corrected chi connectivity index (χ0v) is 14.0. The zero-order chi connectivity index (χ0) is 18.7. The van der Waals surface area contributed by atoms with Gasteiger partial charge in [-0.3, -0.25) is 0 Å². The minimum Gasteiger partial charge on any atom is -0.504 e. The molecular formula is C16H14O8S. The van der Waals surface area contributed by atoms with Crippen LogP contribution in [0.15, 0.2) is 24.3 Å². The highest BCUT2D eigenvalue weighted by atomic mass is 32.1. The van der Waals surface area contributed by atoms with E-state index in [1.807, 2.05) is 0 Å². The molecule has 0 radical (unpaired) electrons. The molecule has 0 heterocycles. The van der Waals surface area contributed by atoms with Crippen molar-refractivity contribution in [3.8, 4) is 34.1 Å². The van der Waals surface area contributed by atoms with Crippen molar-refractivity contribution in [2.75, 3.05) is 14.2 Å². The van der Waals surface area contributed by atoms with Crippen molar-refractivity contribution < 1.29 is 38.6 Å². The molecule has 0 unspecified atom stereocenters. The minimum absolute atomic E-state index is 0.0215. The molecule has 132 valence electrons. The SMILES string of the molecule is COC(=O)c1cc(OC)c(O)c(-c2cc(C(=O)OS)cc(O)c2O)c1. The Hall–Kier alpha value is -3.07. The summed E-state index contributed by atoms with van der Waals surface area (Å²) in [6, 6.07) is 4.58. The van der Waals surface area contributed by atoms with E-state index in [1.165, 1.54) is 26.4 Å². The van der Waals surface area contributed by atoms with Gasteiger partial charge in [-0.2, -0.15) is 0 Å². The van der Waals surface area contributed by atoms with Crippen molar-refractivity contribution in [3.05, 3.63) is 35.4 Å². The Kier molecular flexibility index (Phi) is 5.28. The molecule has 0 atom stereocenters. The highest BCUT2D eigenvalue weighted by molar-refractivity contribution is 7.75. The first-order valence-electron chi connectivity index (χ1n) is 6.75. The Bertz CT molecular complexity index is 847. The summed E-state index contributed by atoms with van der Waals surface area (Å²) in [7, 11) is 2.44. The van der Waals surface area contributed by atoms with Crippen LogP contribution in [0.2, 0.25) is 0 Å². The molecule has 2 aromatic rings. The summed E-state index contributed by atoms with van der Waals surface area (Å²) in [6.45, 7) is 0. The van der Waals surface area contributed by atoms with Crippen molar-refractivity contribution in [1.82, 2.24) is 0 Å². The third-order valence-electron chi connectivity index (χ3n) is 3.41. The number of hydrogen-bond acceptors (Lipinski definition) is 9. The Morgan fingerprint density at radius 3 is 1.96 bits per heavy atom. The number of esters is 1. The second-order valence-electron chi connectivity index (χ2n) is 4.84. The van der Waals surface area contributed by atoms with E-state index < -0.39 is 29.2 Å². The Labute approximate surface area is 147 Å². The summed E-state index contributed by atoms with van der Waals surface area (Å²) < 4.78 is 13.9. The van der Waals surface area contributed by atoms with E-state index in [-0.39, 0.29) is 28.0 Å². The van der Waals surface area contributed by atoms with Crippen LogP contribution in [0.3, 0.4) is 0 Å². The maximum Gasteiger partial charge on any atom is 0.350 e. The van der Waals surface area contributed by atoms with Crippen LogP contribution in [0.25, 0.3) is 11.1 Å². The van der Waals surface area contributed by atoms with E-state index in [0.29, 0.717) is 0 Å². The quantitative estimate of drug-likeness (QED) is 0.281. The summed E-state index contributed by atoms with van der Waals surface area (Å²) >= 11 is 3.39. The number of hydrogen-bond donors (Lipinski definition) is 4. The lowest BCUT2D eigenvalue weighted by atomic mass is 9.97. The smallest absolute Gasteiger partial charge is 0.350 e. The lowest BCUT2D eigenvalue weighted by Gasteiger charge is -2.14. The molecule has 25 heavy (non-hydrogen) atoms. The van der Waals surface area contributed by atoms with Crippen LogP contribution in [0.4, 0.5) is 0 Å².